The molecule has 2 unspecified atom stereocenters. The number of likely N-dealkylation sites (N-methyl/N-ethyl adjacent to an activating group) is 1. The first kappa shape index (κ1) is 20.5. The minimum atomic E-state index is -0.855. The van der Waals surface area contributed by atoms with Crippen LogP contribution in [-0.4, -0.2) is 35.5 Å². The zero-order chi connectivity index (χ0) is 19.7. The predicted molar refractivity (Wildman–Crippen MR) is 115 cm³/mol. The van der Waals surface area contributed by atoms with E-state index in [0.717, 1.165) is 36.5 Å². The maximum atomic E-state index is 6.84. The smallest absolute Gasteiger partial charge is 0.138 e. The third-order valence-electron chi connectivity index (χ3n) is 6.55. The molecule has 2 atom stereocenters. The molecule has 1 aliphatic rings. The van der Waals surface area contributed by atoms with E-state index < -0.39 is 4.33 Å². The molecular weight excluding hydrogens is 377 g/mol. The second-order valence-electron chi connectivity index (χ2n) is 7.59. The van der Waals surface area contributed by atoms with E-state index in [2.05, 4.69) is 56.9 Å². The third-order valence-corrected chi connectivity index (χ3v) is 8.06. The summed E-state index contributed by atoms with van der Waals surface area (Å²) in [5, 5.41) is 0. The highest BCUT2D eigenvalue weighted by Gasteiger charge is 2.82. The summed E-state index contributed by atoms with van der Waals surface area (Å²) >= 11 is 13.7. The Bertz CT molecular complexity index is 758. The molecule has 2 aromatic carbocycles. The molecule has 2 aromatic rings. The molecule has 0 aliphatic heterocycles. The summed E-state index contributed by atoms with van der Waals surface area (Å²) in [5.74, 6) is 0.881. The van der Waals surface area contributed by atoms with Crippen LogP contribution in [0.3, 0.4) is 0 Å². The highest BCUT2D eigenvalue weighted by Crippen LogP contribution is 2.77. The Balaban J connectivity index is 1.75. The molecule has 0 heterocycles. The number of rotatable bonds is 8. The molecule has 27 heavy (non-hydrogen) atoms. The van der Waals surface area contributed by atoms with Gasteiger partial charge in [-0.25, -0.2) is 0 Å². The molecule has 0 N–H and O–H groups in total. The van der Waals surface area contributed by atoms with E-state index >= 15 is 0 Å². The molecule has 146 valence electrons. The molecule has 0 saturated heterocycles. The topological polar surface area (TPSA) is 12.5 Å². The second kappa shape index (κ2) is 7.66. The van der Waals surface area contributed by atoms with Gasteiger partial charge in [-0.05, 0) is 36.3 Å². The van der Waals surface area contributed by atoms with Crippen molar-refractivity contribution in [1.82, 2.24) is 4.90 Å². The van der Waals surface area contributed by atoms with Gasteiger partial charge in [0.05, 0.1) is 0 Å². The number of halogens is 2. The number of hydrogen-bond donors (Lipinski definition) is 0. The molecule has 0 aromatic heterocycles. The number of alkyl halides is 2. The Morgan fingerprint density at radius 2 is 1.33 bits per heavy atom. The first-order valence-electron chi connectivity index (χ1n) is 9.72. The lowest BCUT2D eigenvalue weighted by Gasteiger charge is -2.19. The van der Waals surface area contributed by atoms with E-state index in [1.54, 1.807) is 0 Å². The van der Waals surface area contributed by atoms with Gasteiger partial charge in [0.25, 0.3) is 0 Å². The average Bonchev–Trinajstić information content (AvgIpc) is 3.07. The first-order chi connectivity index (χ1) is 12.8. The maximum Gasteiger partial charge on any atom is 0.138 e. The molecule has 3 rings (SSSR count). The summed E-state index contributed by atoms with van der Waals surface area (Å²) in [6, 6.07) is 18.5. The number of hydrogen-bond acceptors (Lipinski definition) is 2. The van der Waals surface area contributed by atoms with E-state index in [1.807, 2.05) is 30.3 Å². The van der Waals surface area contributed by atoms with Crippen LogP contribution in [0.1, 0.15) is 38.8 Å². The highest BCUT2D eigenvalue weighted by molar-refractivity contribution is 6.54. The van der Waals surface area contributed by atoms with Gasteiger partial charge in [0.1, 0.15) is 16.7 Å². The van der Waals surface area contributed by atoms with Crippen molar-refractivity contribution in [3.63, 3.8) is 0 Å². The number of benzene rings is 2. The fourth-order valence-corrected chi connectivity index (χ4v) is 5.33. The van der Waals surface area contributed by atoms with Crippen LogP contribution in [0.15, 0.2) is 54.6 Å². The molecule has 0 bridgehead atoms. The van der Waals surface area contributed by atoms with E-state index in [0.29, 0.717) is 6.61 Å². The lowest BCUT2D eigenvalue weighted by molar-refractivity contribution is 0.223. The van der Waals surface area contributed by atoms with Gasteiger partial charge in [0.2, 0.25) is 0 Å². The summed E-state index contributed by atoms with van der Waals surface area (Å²) in [7, 11) is 0. The molecule has 1 fully saturated rings. The Labute approximate surface area is 173 Å². The average molecular weight is 406 g/mol. The van der Waals surface area contributed by atoms with Crippen molar-refractivity contribution < 1.29 is 4.74 Å². The first-order valence-corrected chi connectivity index (χ1v) is 10.5. The lowest BCUT2D eigenvalue weighted by Crippen LogP contribution is -2.27. The normalized spacial score (nSPS) is 26.2. The van der Waals surface area contributed by atoms with Gasteiger partial charge in [0, 0.05) is 17.4 Å². The standard InChI is InChI=1S/C23H29Cl2NO/c1-5-26(6-2)16-17-27-20-14-12-19(13-15-20)22(4)21(3,23(22,24)25)18-10-8-7-9-11-18/h7-15H,5-6,16-17H2,1-4H3. The van der Waals surface area contributed by atoms with E-state index in [9.17, 15) is 0 Å². The Kier molecular flexibility index (Phi) is 5.82. The second-order valence-corrected chi connectivity index (χ2v) is 8.92. The third kappa shape index (κ3) is 3.16. The number of nitrogens with zero attached hydrogens (tertiary/aromatic N) is 1. The SMILES string of the molecule is CCN(CC)CCOc1ccc(C2(C)C(Cl)(Cl)C2(C)c2ccccc2)cc1. The van der Waals surface area contributed by atoms with Crippen LogP contribution in [0.5, 0.6) is 5.75 Å². The molecule has 1 saturated carbocycles. The molecule has 2 nitrogen and oxygen atoms in total. The zero-order valence-corrected chi connectivity index (χ0v) is 18.1. The molecule has 0 spiro atoms. The van der Waals surface area contributed by atoms with Gasteiger partial charge in [-0.1, -0.05) is 93.4 Å². The quantitative estimate of drug-likeness (QED) is 0.513. The van der Waals surface area contributed by atoms with Crippen molar-refractivity contribution in [1.29, 1.82) is 0 Å². The lowest BCUT2D eigenvalue weighted by atomic mass is 9.84. The summed E-state index contributed by atoms with van der Waals surface area (Å²) in [6.45, 7) is 12.4. The Morgan fingerprint density at radius 1 is 0.815 bits per heavy atom. The van der Waals surface area contributed by atoms with Crippen LogP contribution in [0, 0.1) is 0 Å². The molecule has 4 heteroatoms. The van der Waals surface area contributed by atoms with Gasteiger partial charge in [-0.2, -0.15) is 0 Å². The molecule has 1 aliphatic carbocycles. The van der Waals surface area contributed by atoms with Gasteiger partial charge < -0.3 is 9.64 Å². The van der Waals surface area contributed by atoms with Gasteiger partial charge in [-0.15, -0.1) is 0 Å². The summed E-state index contributed by atoms with van der Waals surface area (Å²) in [5.41, 5.74) is 1.60. The van der Waals surface area contributed by atoms with E-state index in [1.165, 1.54) is 0 Å². The van der Waals surface area contributed by atoms with E-state index in [4.69, 9.17) is 27.9 Å². The van der Waals surface area contributed by atoms with Crippen LogP contribution in [0.4, 0.5) is 0 Å². The van der Waals surface area contributed by atoms with Crippen molar-refractivity contribution in [3.8, 4) is 5.75 Å². The Hall–Kier alpha value is -1.22. The summed E-state index contributed by atoms with van der Waals surface area (Å²) in [4.78, 5) is 2.35. The van der Waals surface area contributed by atoms with Crippen molar-refractivity contribution in [3.05, 3.63) is 65.7 Å². The minimum Gasteiger partial charge on any atom is -0.492 e. The largest absolute Gasteiger partial charge is 0.492 e. The highest BCUT2D eigenvalue weighted by atomic mass is 35.5. The number of ether oxygens (including phenoxy) is 1. The van der Waals surface area contributed by atoms with Crippen LogP contribution in [0.25, 0.3) is 0 Å². The predicted octanol–water partition coefficient (Wildman–Crippen LogP) is 5.81. The maximum absolute atomic E-state index is 6.84. The fourth-order valence-electron chi connectivity index (χ4n) is 4.23. The van der Waals surface area contributed by atoms with Crippen molar-refractivity contribution >= 4 is 23.2 Å². The van der Waals surface area contributed by atoms with Gasteiger partial charge >= 0.3 is 0 Å². The molecular formula is C23H29Cl2NO. The monoisotopic (exact) mass is 405 g/mol. The minimum absolute atomic E-state index is 0.338. The van der Waals surface area contributed by atoms with Gasteiger partial charge in [0.15, 0.2) is 0 Å². The van der Waals surface area contributed by atoms with Crippen molar-refractivity contribution in [2.45, 2.75) is 42.9 Å². The van der Waals surface area contributed by atoms with Crippen LogP contribution in [-0.2, 0) is 10.8 Å². The van der Waals surface area contributed by atoms with Crippen LogP contribution >= 0.6 is 23.2 Å². The van der Waals surface area contributed by atoms with Crippen LogP contribution < -0.4 is 4.74 Å². The zero-order valence-electron chi connectivity index (χ0n) is 16.6. The fraction of sp³-hybridized carbons (Fsp3) is 0.478. The molecule has 0 amide bonds. The van der Waals surface area contributed by atoms with Gasteiger partial charge in [-0.3, -0.25) is 0 Å². The van der Waals surface area contributed by atoms with Crippen molar-refractivity contribution in [2.75, 3.05) is 26.2 Å². The molecule has 0 radical (unpaired) electrons. The van der Waals surface area contributed by atoms with Crippen molar-refractivity contribution in [2.24, 2.45) is 0 Å². The Morgan fingerprint density at radius 3 is 1.85 bits per heavy atom. The summed E-state index contributed by atoms with van der Waals surface area (Å²) in [6.07, 6.45) is 0. The van der Waals surface area contributed by atoms with E-state index in [-0.39, 0.29) is 10.8 Å². The van der Waals surface area contributed by atoms with Crippen LogP contribution in [0.2, 0.25) is 0 Å². The summed E-state index contributed by atoms with van der Waals surface area (Å²) < 4.78 is 5.05.